The minimum absolute atomic E-state index is 0.246. The van der Waals surface area contributed by atoms with Gasteiger partial charge in [0, 0.05) is 5.92 Å². The standard InChI is InChI=1S/C27H42O/c1-18(2)9-8-10-19(3)21-12-13-22-25-23(14-16-27(21,22)5)26(4)15-7-6-11-20(26)17-24(25)28/h6,11,17-19,21-23,25H,7-10,12-16H2,1-5H3/t19-,21+,22-,23-,25-,26+,27-/m1/s1. The Morgan fingerprint density at radius 2 is 1.82 bits per heavy atom. The minimum Gasteiger partial charge on any atom is -0.295 e. The van der Waals surface area contributed by atoms with E-state index in [-0.39, 0.29) is 5.41 Å². The second-order valence-electron chi connectivity index (χ2n) is 11.6. The maximum Gasteiger partial charge on any atom is 0.159 e. The Kier molecular flexibility index (Phi) is 5.43. The maximum absolute atomic E-state index is 13.3. The van der Waals surface area contributed by atoms with Crippen LogP contribution in [0.25, 0.3) is 0 Å². The van der Waals surface area contributed by atoms with Crippen LogP contribution in [0.2, 0.25) is 0 Å². The summed E-state index contributed by atoms with van der Waals surface area (Å²) in [5, 5.41) is 0. The van der Waals surface area contributed by atoms with E-state index in [2.05, 4.69) is 52.8 Å². The van der Waals surface area contributed by atoms with Crippen molar-refractivity contribution in [1.29, 1.82) is 0 Å². The molecule has 1 nitrogen and oxygen atoms in total. The van der Waals surface area contributed by atoms with E-state index in [1.807, 2.05) is 0 Å². The van der Waals surface area contributed by atoms with Crippen LogP contribution < -0.4 is 0 Å². The first kappa shape index (κ1) is 20.4. The number of allylic oxidation sites excluding steroid dienone is 4. The predicted octanol–water partition coefficient (Wildman–Crippen LogP) is 7.37. The molecule has 4 rings (SSSR count). The van der Waals surface area contributed by atoms with Gasteiger partial charge in [0.15, 0.2) is 5.78 Å². The van der Waals surface area contributed by atoms with Gasteiger partial charge < -0.3 is 0 Å². The van der Waals surface area contributed by atoms with Gasteiger partial charge in [-0.25, -0.2) is 0 Å². The highest BCUT2D eigenvalue weighted by atomic mass is 16.1. The van der Waals surface area contributed by atoms with Gasteiger partial charge in [0.1, 0.15) is 0 Å². The Labute approximate surface area is 173 Å². The summed E-state index contributed by atoms with van der Waals surface area (Å²) >= 11 is 0. The number of ketones is 1. The van der Waals surface area contributed by atoms with Crippen molar-refractivity contribution in [3.63, 3.8) is 0 Å². The molecule has 0 spiro atoms. The molecule has 0 saturated heterocycles. The third-order valence-corrected chi connectivity index (χ3v) is 9.70. The van der Waals surface area contributed by atoms with Gasteiger partial charge >= 0.3 is 0 Å². The van der Waals surface area contributed by atoms with Crippen LogP contribution in [0.4, 0.5) is 0 Å². The van der Waals surface area contributed by atoms with Crippen LogP contribution in [-0.4, -0.2) is 5.78 Å². The lowest BCUT2D eigenvalue weighted by Crippen LogP contribution is -2.52. The predicted molar refractivity (Wildman–Crippen MR) is 118 cm³/mol. The molecular formula is C27H42O. The van der Waals surface area contributed by atoms with Gasteiger partial charge in [0.2, 0.25) is 0 Å². The maximum atomic E-state index is 13.3. The number of fused-ring (bicyclic) bond motifs is 5. The molecule has 4 aliphatic rings. The van der Waals surface area contributed by atoms with E-state index in [0.717, 1.165) is 17.8 Å². The third-order valence-electron chi connectivity index (χ3n) is 9.70. The Hall–Kier alpha value is -0.850. The Balaban J connectivity index is 1.55. The first-order valence-electron chi connectivity index (χ1n) is 12.2. The second kappa shape index (κ2) is 7.44. The van der Waals surface area contributed by atoms with Crippen LogP contribution in [0.1, 0.15) is 92.4 Å². The van der Waals surface area contributed by atoms with Crippen LogP contribution in [-0.2, 0) is 4.79 Å². The van der Waals surface area contributed by atoms with Gasteiger partial charge in [-0.1, -0.05) is 66.0 Å². The molecule has 0 aromatic carbocycles. The molecule has 0 amide bonds. The number of carbonyl (C=O) groups is 1. The topological polar surface area (TPSA) is 17.1 Å². The van der Waals surface area contributed by atoms with Crippen molar-refractivity contribution in [2.45, 2.75) is 92.4 Å². The van der Waals surface area contributed by atoms with Gasteiger partial charge in [0.05, 0.1) is 0 Å². The van der Waals surface area contributed by atoms with Gasteiger partial charge in [-0.15, -0.1) is 0 Å². The summed E-state index contributed by atoms with van der Waals surface area (Å²) in [7, 11) is 0. The molecule has 1 heteroatoms. The lowest BCUT2D eigenvalue weighted by molar-refractivity contribution is -0.133. The molecule has 0 aromatic heterocycles. The minimum atomic E-state index is 0.246. The van der Waals surface area contributed by atoms with E-state index >= 15 is 0 Å². The average Bonchev–Trinajstić information content (AvgIpc) is 2.99. The molecule has 0 aliphatic heterocycles. The first-order chi connectivity index (χ1) is 13.3. The van der Waals surface area contributed by atoms with E-state index < -0.39 is 0 Å². The van der Waals surface area contributed by atoms with Crippen LogP contribution in [0, 0.1) is 46.3 Å². The summed E-state index contributed by atoms with van der Waals surface area (Å²) in [6, 6.07) is 0. The molecule has 7 atom stereocenters. The summed E-state index contributed by atoms with van der Waals surface area (Å²) < 4.78 is 0. The first-order valence-corrected chi connectivity index (χ1v) is 12.2. The fraction of sp³-hybridized carbons (Fsp3) is 0.815. The number of hydrogen-bond donors (Lipinski definition) is 0. The molecule has 4 aliphatic carbocycles. The van der Waals surface area contributed by atoms with Crippen molar-refractivity contribution >= 4 is 5.78 Å². The lowest BCUT2D eigenvalue weighted by atomic mass is 9.47. The normalized spacial score (nSPS) is 43.4. The molecule has 0 N–H and O–H groups in total. The van der Waals surface area contributed by atoms with Crippen molar-refractivity contribution < 1.29 is 4.79 Å². The van der Waals surface area contributed by atoms with Crippen molar-refractivity contribution in [3.05, 3.63) is 23.8 Å². The highest BCUT2D eigenvalue weighted by Crippen LogP contribution is 2.66. The summed E-state index contributed by atoms with van der Waals surface area (Å²) in [6.45, 7) is 12.2. The number of rotatable bonds is 5. The van der Waals surface area contributed by atoms with Gasteiger partial charge in [-0.05, 0) is 90.6 Å². The fourth-order valence-electron chi connectivity index (χ4n) is 8.07. The summed E-state index contributed by atoms with van der Waals surface area (Å²) in [4.78, 5) is 13.3. The summed E-state index contributed by atoms with van der Waals surface area (Å²) in [5.41, 5.74) is 1.97. The van der Waals surface area contributed by atoms with E-state index in [4.69, 9.17) is 0 Å². The highest BCUT2D eigenvalue weighted by Gasteiger charge is 2.60. The number of hydrogen-bond acceptors (Lipinski definition) is 1. The van der Waals surface area contributed by atoms with E-state index in [1.54, 1.807) is 0 Å². The lowest BCUT2D eigenvalue weighted by Gasteiger charge is -2.56. The zero-order valence-electron chi connectivity index (χ0n) is 19.0. The monoisotopic (exact) mass is 382 g/mol. The summed E-state index contributed by atoms with van der Waals surface area (Å²) in [5.74, 6) is 4.42. The fourth-order valence-corrected chi connectivity index (χ4v) is 8.07. The molecule has 0 unspecified atom stereocenters. The average molecular weight is 383 g/mol. The molecular weight excluding hydrogens is 340 g/mol. The van der Waals surface area contributed by atoms with Crippen LogP contribution in [0.5, 0.6) is 0 Å². The summed E-state index contributed by atoms with van der Waals surface area (Å²) in [6.07, 6.45) is 18.4. The van der Waals surface area contributed by atoms with Gasteiger partial charge in [-0.3, -0.25) is 4.79 Å². The van der Waals surface area contributed by atoms with Crippen molar-refractivity contribution in [2.75, 3.05) is 0 Å². The van der Waals surface area contributed by atoms with Crippen LogP contribution in [0.15, 0.2) is 23.8 Å². The molecule has 0 aromatic rings. The molecule has 0 bridgehead atoms. The molecule has 28 heavy (non-hydrogen) atoms. The third kappa shape index (κ3) is 3.16. The Morgan fingerprint density at radius 1 is 1.04 bits per heavy atom. The number of carbonyl (C=O) groups excluding carboxylic acids is 1. The Bertz CT molecular complexity index is 670. The van der Waals surface area contributed by atoms with Crippen LogP contribution >= 0.6 is 0 Å². The molecule has 0 heterocycles. The molecule has 2 fully saturated rings. The van der Waals surface area contributed by atoms with Gasteiger partial charge in [0.25, 0.3) is 0 Å². The zero-order chi connectivity index (χ0) is 20.1. The Morgan fingerprint density at radius 3 is 2.57 bits per heavy atom. The second-order valence-corrected chi connectivity index (χ2v) is 11.6. The SMILES string of the molecule is CC(C)CCC[C@@H](C)[C@@H]1CC[C@@H]2[C@H]3C(=O)C=C4C=CCC[C@]4(C)[C@@H]3CC[C@@]21C. The van der Waals surface area contributed by atoms with E-state index in [0.29, 0.717) is 29.0 Å². The van der Waals surface area contributed by atoms with Gasteiger partial charge in [-0.2, -0.15) is 0 Å². The van der Waals surface area contributed by atoms with Crippen molar-refractivity contribution in [1.82, 2.24) is 0 Å². The zero-order valence-corrected chi connectivity index (χ0v) is 19.0. The van der Waals surface area contributed by atoms with Crippen LogP contribution in [0.3, 0.4) is 0 Å². The highest BCUT2D eigenvalue weighted by molar-refractivity contribution is 5.95. The molecule has 2 saturated carbocycles. The quantitative estimate of drug-likeness (QED) is 0.485. The van der Waals surface area contributed by atoms with E-state index in [9.17, 15) is 4.79 Å². The molecule has 156 valence electrons. The van der Waals surface area contributed by atoms with E-state index in [1.165, 1.54) is 63.4 Å². The van der Waals surface area contributed by atoms with Crippen molar-refractivity contribution in [3.8, 4) is 0 Å². The smallest absolute Gasteiger partial charge is 0.159 e. The largest absolute Gasteiger partial charge is 0.295 e. The van der Waals surface area contributed by atoms with Crippen molar-refractivity contribution in [2.24, 2.45) is 46.3 Å². The molecule has 0 radical (unpaired) electrons.